The molecule has 0 radical (unpaired) electrons. The van der Waals surface area contributed by atoms with Gasteiger partial charge in [0.15, 0.2) is 11.0 Å². The van der Waals surface area contributed by atoms with Crippen LogP contribution in [0.4, 0.5) is 0 Å². The van der Waals surface area contributed by atoms with Gasteiger partial charge in [0.1, 0.15) is 16.9 Å². The molecular formula is C33H27N2O+. The number of nitrogens with zero attached hydrogens (tertiary/aromatic N) is 2. The zero-order valence-electron chi connectivity index (χ0n) is 21.0. The standard InChI is InChI=1S/C33H27N2O/c1-20-10-9-11-21(2)31(20)35-28-15-8-7-14-27(28)34(4)33(35)24-17-18-26-30-25-13-6-5-12-23(25)16-19-29(30)36-32(26)22(24)3/h5-19H,1-4H3/q+1. The minimum atomic E-state index is 0.934. The zero-order chi connectivity index (χ0) is 24.6. The van der Waals surface area contributed by atoms with Crippen molar-refractivity contribution < 1.29 is 8.98 Å². The second kappa shape index (κ2) is 7.56. The summed E-state index contributed by atoms with van der Waals surface area (Å²) in [4.78, 5) is 0. The quantitative estimate of drug-likeness (QED) is 0.235. The molecule has 36 heavy (non-hydrogen) atoms. The summed E-state index contributed by atoms with van der Waals surface area (Å²) in [5.74, 6) is 1.15. The van der Waals surface area contributed by atoms with Gasteiger partial charge in [-0.2, -0.15) is 4.57 Å². The predicted octanol–water partition coefficient (Wildman–Crippen LogP) is 8.10. The van der Waals surface area contributed by atoms with Crippen molar-refractivity contribution >= 4 is 43.7 Å². The average molecular weight is 468 g/mol. The first-order valence-corrected chi connectivity index (χ1v) is 12.4. The third kappa shape index (κ3) is 2.77. The highest BCUT2D eigenvalue weighted by molar-refractivity contribution is 6.19. The summed E-state index contributed by atoms with van der Waals surface area (Å²) in [6.07, 6.45) is 0. The van der Waals surface area contributed by atoms with Crippen molar-refractivity contribution in [2.75, 3.05) is 0 Å². The van der Waals surface area contributed by atoms with E-state index < -0.39 is 0 Å². The van der Waals surface area contributed by atoms with E-state index in [0.717, 1.165) is 22.6 Å². The van der Waals surface area contributed by atoms with Crippen LogP contribution in [0.25, 0.3) is 60.8 Å². The second-order valence-electron chi connectivity index (χ2n) is 9.82. The Morgan fingerprint density at radius 2 is 1.44 bits per heavy atom. The Balaban J connectivity index is 1.60. The molecule has 0 unspecified atom stereocenters. The molecule has 0 spiro atoms. The summed E-state index contributed by atoms with van der Waals surface area (Å²) < 4.78 is 11.3. The number of aromatic nitrogens is 2. The lowest BCUT2D eigenvalue weighted by Gasteiger charge is -2.11. The Bertz CT molecular complexity index is 1970. The van der Waals surface area contributed by atoms with Gasteiger partial charge >= 0.3 is 0 Å². The van der Waals surface area contributed by atoms with Gasteiger partial charge in [0.2, 0.25) is 0 Å². The van der Waals surface area contributed by atoms with Gasteiger partial charge < -0.3 is 4.42 Å². The molecule has 0 saturated carbocycles. The van der Waals surface area contributed by atoms with Crippen LogP contribution >= 0.6 is 0 Å². The van der Waals surface area contributed by atoms with E-state index in [2.05, 4.69) is 128 Å². The topological polar surface area (TPSA) is 21.9 Å². The Hall–Kier alpha value is -4.37. The monoisotopic (exact) mass is 467 g/mol. The van der Waals surface area contributed by atoms with Crippen LogP contribution in [0.2, 0.25) is 0 Å². The van der Waals surface area contributed by atoms with Crippen molar-refractivity contribution in [1.82, 2.24) is 4.57 Å². The summed E-state index contributed by atoms with van der Waals surface area (Å²) in [5.41, 5.74) is 10.4. The predicted molar refractivity (Wildman–Crippen MR) is 149 cm³/mol. The number of hydrogen-bond donors (Lipinski definition) is 0. The number of benzene rings is 5. The largest absolute Gasteiger partial charge is 0.456 e. The van der Waals surface area contributed by atoms with Crippen LogP contribution < -0.4 is 4.57 Å². The van der Waals surface area contributed by atoms with Gasteiger partial charge in [-0.25, -0.2) is 4.57 Å². The lowest BCUT2D eigenvalue weighted by molar-refractivity contribution is -0.633. The Kier molecular flexibility index (Phi) is 4.40. The molecule has 7 aromatic rings. The molecule has 3 nitrogen and oxygen atoms in total. The molecule has 0 atom stereocenters. The van der Waals surface area contributed by atoms with Crippen LogP contribution in [0.15, 0.2) is 95.4 Å². The summed E-state index contributed by atoms with van der Waals surface area (Å²) >= 11 is 0. The molecule has 0 bridgehead atoms. The van der Waals surface area contributed by atoms with Crippen LogP contribution in [0.3, 0.4) is 0 Å². The maximum atomic E-state index is 6.54. The van der Waals surface area contributed by atoms with E-state index in [1.54, 1.807) is 0 Å². The van der Waals surface area contributed by atoms with Crippen LogP contribution in [0, 0.1) is 20.8 Å². The van der Waals surface area contributed by atoms with E-state index in [4.69, 9.17) is 4.42 Å². The molecule has 0 amide bonds. The third-order valence-corrected chi connectivity index (χ3v) is 7.70. The molecule has 2 aromatic heterocycles. The SMILES string of the molecule is Cc1cccc(C)c1-n1c(-c2ccc3c(oc4ccc5ccccc5c43)c2C)[n+](C)c2ccccc21. The third-order valence-electron chi connectivity index (χ3n) is 7.70. The highest BCUT2D eigenvalue weighted by Crippen LogP contribution is 2.40. The minimum Gasteiger partial charge on any atom is -0.456 e. The summed E-state index contributed by atoms with van der Waals surface area (Å²) in [5, 5.41) is 4.82. The fraction of sp³-hybridized carbons (Fsp3) is 0.121. The van der Waals surface area contributed by atoms with E-state index in [1.165, 1.54) is 55.0 Å². The van der Waals surface area contributed by atoms with Crippen molar-refractivity contribution in [3.8, 4) is 17.1 Å². The second-order valence-corrected chi connectivity index (χ2v) is 9.82. The lowest BCUT2D eigenvalue weighted by atomic mass is 10.00. The number of hydrogen-bond acceptors (Lipinski definition) is 1. The molecule has 7 rings (SSSR count). The van der Waals surface area contributed by atoms with Gasteiger partial charge in [0.05, 0.1) is 12.6 Å². The average Bonchev–Trinajstić information content (AvgIpc) is 3.41. The molecule has 0 fully saturated rings. The van der Waals surface area contributed by atoms with Crippen LogP contribution in [-0.4, -0.2) is 4.57 Å². The molecule has 174 valence electrons. The summed E-state index contributed by atoms with van der Waals surface area (Å²) in [6, 6.07) is 32.5. The van der Waals surface area contributed by atoms with Crippen molar-refractivity contribution in [2.45, 2.75) is 20.8 Å². The van der Waals surface area contributed by atoms with Crippen molar-refractivity contribution in [3.63, 3.8) is 0 Å². The number of imidazole rings is 1. The van der Waals surface area contributed by atoms with Gasteiger partial charge in [-0.3, -0.25) is 0 Å². The van der Waals surface area contributed by atoms with Crippen LogP contribution in [-0.2, 0) is 7.05 Å². The number of fused-ring (bicyclic) bond motifs is 6. The number of rotatable bonds is 2. The van der Waals surface area contributed by atoms with E-state index in [0.29, 0.717) is 0 Å². The number of para-hydroxylation sites is 3. The minimum absolute atomic E-state index is 0.934. The molecule has 0 aliphatic heterocycles. The van der Waals surface area contributed by atoms with Crippen molar-refractivity contribution in [2.24, 2.45) is 7.05 Å². The van der Waals surface area contributed by atoms with E-state index in [-0.39, 0.29) is 0 Å². The van der Waals surface area contributed by atoms with E-state index >= 15 is 0 Å². The molecule has 0 saturated heterocycles. The maximum absolute atomic E-state index is 6.54. The molecular weight excluding hydrogens is 440 g/mol. The van der Waals surface area contributed by atoms with Gasteiger partial charge in [-0.1, -0.05) is 60.7 Å². The van der Waals surface area contributed by atoms with E-state index in [1.807, 2.05) is 0 Å². The fourth-order valence-electron chi connectivity index (χ4n) is 5.99. The van der Waals surface area contributed by atoms with Gasteiger partial charge in [-0.15, -0.1) is 0 Å². The molecule has 0 aliphatic carbocycles. The molecule has 3 heteroatoms. The van der Waals surface area contributed by atoms with Gasteiger partial charge in [0.25, 0.3) is 5.82 Å². The van der Waals surface area contributed by atoms with Crippen molar-refractivity contribution in [1.29, 1.82) is 0 Å². The maximum Gasteiger partial charge on any atom is 0.295 e. The number of aryl methyl sites for hydroxylation is 4. The van der Waals surface area contributed by atoms with Gasteiger partial charge in [-0.05, 0) is 73.0 Å². The Labute approximate surface area is 209 Å². The van der Waals surface area contributed by atoms with Crippen LogP contribution in [0.5, 0.6) is 0 Å². The normalized spacial score (nSPS) is 11.9. The smallest absolute Gasteiger partial charge is 0.295 e. The Morgan fingerprint density at radius 1 is 0.694 bits per heavy atom. The Morgan fingerprint density at radius 3 is 2.28 bits per heavy atom. The first-order valence-electron chi connectivity index (χ1n) is 12.4. The van der Waals surface area contributed by atoms with Crippen LogP contribution in [0.1, 0.15) is 16.7 Å². The first-order chi connectivity index (χ1) is 17.5. The van der Waals surface area contributed by atoms with E-state index in [9.17, 15) is 0 Å². The first kappa shape index (κ1) is 21.0. The highest BCUT2D eigenvalue weighted by atomic mass is 16.3. The molecule has 0 N–H and O–H groups in total. The lowest BCUT2D eigenvalue weighted by Crippen LogP contribution is -2.30. The molecule has 2 heterocycles. The number of furan rings is 1. The molecule has 5 aromatic carbocycles. The fourth-order valence-corrected chi connectivity index (χ4v) is 5.99. The summed E-state index contributed by atoms with van der Waals surface area (Å²) in [6.45, 7) is 6.58. The van der Waals surface area contributed by atoms with Gasteiger partial charge in [0, 0.05) is 16.3 Å². The summed E-state index contributed by atoms with van der Waals surface area (Å²) in [7, 11) is 2.16. The molecule has 0 aliphatic rings. The van der Waals surface area contributed by atoms with Crippen molar-refractivity contribution in [3.05, 3.63) is 108 Å². The zero-order valence-corrected chi connectivity index (χ0v) is 21.0. The highest BCUT2D eigenvalue weighted by Gasteiger charge is 2.30.